The highest BCUT2D eigenvalue weighted by molar-refractivity contribution is 5.78. The molecule has 1 aliphatic rings. The van der Waals surface area contributed by atoms with Gasteiger partial charge in [-0.1, -0.05) is 5.16 Å². The SMILES string of the molecule is Cc1nn(Cc2nc(C3CC3)no2)c(C)c1C=O. The molecule has 0 aromatic carbocycles. The topological polar surface area (TPSA) is 73.8 Å². The second-order valence-corrected chi connectivity index (χ2v) is 4.68. The van der Waals surface area contributed by atoms with E-state index in [4.69, 9.17) is 4.52 Å². The first-order chi connectivity index (χ1) is 8.69. The fourth-order valence-electron chi connectivity index (χ4n) is 2.00. The van der Waals surface area contributed by atoms with E-state index in [9.17, 15) is 4.79 Å². The summed E-state index contributed by atoms with van der Waals surface area (Å²) in [6.45, 7) is 4.10. The Kier molecular flexibility index (Phi) is 2.50. The van der Waals surface area contributed by atoms with Crippen molar-refractivity contribution >= 4 is 6.29 Å². The molecule has 2 aromatic heterocycles. The molecule has 1 fully saturated rings. The normalized spacial score (nSPS) is 15.0. The third kappa shape index (κ3) is 1.83. The van der Waals surface area contributed by atoms with Gasteiger partial charge in [0.2, 0.25) is 5.89 Å². The lowest BCUT2D eigenvalue weighted by atomic mass is 10.2. The molecule has 0 spiro atoms. The van der Waals surface area contributed by atoms with Gasteiger partial charge in [-0.3, -0.25) is 9.48 Å². The minimum absolute atomic E-state index is 0.417. The van der Waals surface area contributed by atoms with Gasteiger partial charge in [-0.2, -0.15) is 10.1 Å². The molecule has 0 saturated heterocycles. The summed E-state index contributed by atoms with van der Waals surface area (Å²) in [5.41, 5.74) is 2.19. The maximum Gasteiger partial charge on any atom is 0.248 e. The monoisotopic (exact) mass is 246 g/mol. The predicted molar refractivity (Wildman–Crippen MR) is 62.5 cm³/mol. The molecule has 0 amide bonds. The number of hydrogen-bond acceptors (Lipinski definition) is 5. The van der Waals surface area contributed by atoms with E-state index < -0.39 is 0 Å². The Balaban J connectivity index is 1.84. The zero-order valence-electron chi connectivity index (χ0n) is 10.4. The van der Waals surface area contributed by atoms with Crippen molar-refractivity contribution in [3.05, 3.63) is 28.7 Å². The molecule has 3 rings (SSSR count). The summed E-state index contributed by atoms with van der Waals surface area (Å²) in [7, 11) is 0. The summed E-state index contributed by atoms with van der Waals surface area (Å²) in [6.07, 6.45) is 3.12. The minimum Gasteiger partial charge on any atom is -0.337 e. The Morgan fingerprint density at radius 2 is 2.22 bits per heavy atom. The van der Waals surface area contributed by atoms with Gasteiger partial charge in [0.15, 0.2) is 12.1 Å². The quantitative estimate of drug-likeness (QED) is 0.766. The standard InChI is InChI=1S/C12H14N4O2/c1-7-10(6-17)8(2)16(14-7)5-11-13-12(15-18-11)9-3-4-9/h6,9H,3-5H2,1-2H3. The summed E-state index contributed by atoms with van der Waals surface area (Å²) in [5.74, 6) is 1.82. The smallest absolute Gasteiger partial charge is 0.248 e. The lowest BCUT2D eigenvalue weighted by Gasteiger charge is -1.99. The second-order valence-electron chi connectivity index (χ2n) is 4.68. The zero-order chi connectivity index (χ0) is 12.7. The van der Waals surface area contributed by atoms with Crippen molar-refractivity contribution in [2.45, 2.75) is 39.2 Å². The summed E-state index contributed by atoms with van der Waals surface area (Å²) in [5, 5.41) is 8.26. The van der Waals surface area contributed by atoms with Crippen LogP contribution in [-0.4, -0.2) is 26.2 Å². The number of hydrogen-bond donors (Lipinski definition) is 0. The average molecular weight is 246 g/mol. The predicted octanol–water partition coefficient (Wildman–Crippen LogP) is 1.62. The van der Waals surface area contributed by atoms with E-state index in [1.165, 1.54) is 0 Å². The fourth-order valence-corrected chi connectivity index (χ4v) is 2.00. The lowest BCUT2D eigenvalue weighted by molar-refractivity contribution is 0.112. The largest absolute Gasteiger partial charge is 0.337 e. The molecule has 0 bridgehead atoms. The van der Waals surface area contributed by atoms with Crippen LogP contribution >= 0.6 is 0 Å². The van der Waals surface area contributed by atoms with Gasteiger partial charge in [-0.25, -0.2) is 0 Å². The van der Waals surface area contributed by atoms with Crippen molar-refractivity contribution in [3.8, 4) is 0 Å². The van der Waals surface area contributed by atoms with Gasteiger partial charge in [-0.15, -0.1) is 0 Å². The Morgan fingerprint density at radius 3 is 2.83 bits per heavy atom. The average Bonchev–Trinajstić information content (AvgIpc) is 3.03. The molecule has 1 saturated carbocycles. The number of aldehydes is 1. The van der Waals surface area contributed by atoms with Crippen molar-refractivity contribution in [2.75, 3.05) is 0 Å². The molecule has 0 aliphatic heterocycles. The van der Waals surface area contributed by atoms with Crippen LogP contribution in [0.3, 0.4) is 0 Å². The van der Waals surface area contributed by atoms with Gasteiger partial charge in [0.1, 0.15) is 6.54 Å². The lowest BCUT2D eigenvalue weighted by Crippen LogP contribution is -2.04. The van der Waals surface area contributed by atoms with Crippen LogP contribution < -0.4 is 0 Å². The summed E-state index contributed by atoms with van der Waals surface area (Å²) in [6, 6.07) is 0. The number of carbonyl (C=O) groups is 1. The molecule has 0 radical (unpaired) electrons. The second kappa shape index (κ2) is 4.04. The molecule has 18 heavy (non-hydrogen) atoms. The fraction of sp³-hybridized carbons (Fsp3) is 0.500. The van der Waals surface area contributed by atoms with Crippen molar-refractivity contribution in [3.63, 3.8) is 0 Å². The number of rotatable bonds is 4. The maximum atomic E-state index is 10.9. The molecule has 2 heterocycles. The third-order valence-corrected chi connectivity index (χ3v) is 3.27. The van der Waals surface area contributed by atoms with E-state index in [2.05, 4.69) is 15.2 Å². The van der Waals surface area contributed by atoms with E-state index in [1.807, 2.05) is 13.8 Å². The van der Waals surface area contributed by atoms with Crippen LogP contribution in [0.15, 0.2) is 4.52 Å². The van der Waals surface area contributed by atoms with Gasteiger partial charge in [0.05, 0.1) is 11.3 Å². The summed E-state index contributed by atoms with van der Waals surface area (Å²) < 4.78 is 6.92. The van der Waals surface area contributed by atoms with Crippen LogP contribution in [0.2, 0.25) is 0 Å². The zero-order valence-corrected chi connectivity index (χ0v) is 10.4. The first kappa shape index (κ1) is 11.1. The Labute approximate surface area is 104 Å². The number of carbonyl (C=O) groups excluding carboxylic acids is 1. The van der Waals surface area contributed by atoms with E-state index in [1.54, 1.807) is 4.68 Å². The summed E-state index contributed by atoms with van der Waals surface area (Å²) >= 11 is 0. The van der Waals surface area contributed by atoms with Gasteiger partial charge >= 0.3 is 0 Å². The molecule has 94 valence electrons. The molecular weight excluding hydrogens is 232 g/mol. The van der Waals surface area contributed by atoms with Crippen molar-refractivity contribution < 1.29 is 9.32 Å². The molecule has 0 unspecified atom stereocenters. The van der Waals surface area contributed by atoms with Gasteiger partial charge < -0.3 is 4.52 Å². The van der Waals surface area contributed by atoms with Crippen LogP contribution in [0.1, 0.15) is 52.2 Å². The van der Waals surface area contributed by atoms with Gasteiger partial charge in [-0.05, 0) is 26.7 Å². The Morgan fingerprint density at radius 1 is 1.44 bits per heavy atom. The van der Waals surface area contributed by atoms with E-state index >= 15 is 0 Å². The van der Waals surface area contributed by atoms with Crippen molar-refractivity contribution in [1.82, 2.24) is 19.9 Å². The van der Waals surface area contributed by atoms with Crippen LogP contribution in [0.4, 0.5) is 0 Å². The third-order valence-electron chi connectivity index (χ3n) is 3.27. The molecule has 6 heteroatoms. The number of aryl methyl sites for hydroxylation is 1. The highest BCUT2D eigenvalue weighted by Gasteiger charge is 2.28. The van der Waals surface area contributed by atoms with Crippen LogP contribution in [0, 0.1) is 13.8 Å². The van der Waals surface area contributed by atoms with Gasteiger partial charge in [0.25, 0.3) is 0 Å². The van der Waals surface area contributed by atoms with Crippen LogP contribution in [0.5, 0.6) is 0 Å². The van der Waals surface area contributed by atoms with E-state index in [0.29, 0.717) is 23.9 Å². The van der Waals surface area contributed by atoms with Crippen LogP contribution in [-0.2, 0) is 6.54 Å². The first-order valence-electron chi connectivity index (χ1n) is 6.00. The first-order valence-corrected chi connectivity index (χ1v) is 6.00. The van der Waals surface area contributed by atoms with E-state index in [-0.39, 0.29) is 0 Å². The number of aromatic nitrogens is 4. The molecular formula is C12H14N4O2. The Bertz CT molecular complexity index is 595. The van der Waals surface area contributed by atoms with Crippen LogP contribution in [0.25, 0.3) is 0 Å². The number of nitrogens with zero attached hydrogens (tertiary/aromatic N) is 4. The minimum atomic E-state index is 0.417. The van der Waals surface area contributed by atoms with Crippen molar-refractivity contribution in [1.29, 1.82) is 0 Å². The van der Waals surface area contributed by atoms with Gasteiger partial charge in [0, 0.05) is 11.6 Å². The van der Waals surface area contributed by atoms with E-state index in [0.717, 1.165) is 36.3 Å². The molecule has 1 aliphatic carbocycles. The molecule has 0 atom stereocenters. The van der Waals surface area contributed by atoms with Crippen molar-refractivity contribution in [2.24, 2.45) is 0 Å². The molecule has 0 N–H and O–H groups in total. The Hall–Kier alpha value is -1.98. The molecule has 2 aromatic rings. The maximum absolute atomic E-state index is 10.9. The summed E-state index contributed by atoms with van der Waals surface area (Å²) in [4.78, 5) is 15.3. The highest BCUT2D eigenvalue weighted by atomic mass is 16.5. The molecule has 6 nitrogen and oxygen atoms in total. The highest BCUT2D eigenvalue weighted by Crippen LogP contribution is 2.38.